The number of ether oxygens (including phenoxy) is 1. The Morgan fingerprint density at radius 2 is 1.86 bits per heavy atom. The lowest BCUT2D eigenvalue weighted by molar-refractivity contribution is -0.122. The number of nitrogens with one attached hydrogen (secondary N) is 1. The van der Waals surface area contributed by atoms with Crippen LogP contribution in [0.25, 0.3) is 0 Å². The number of hydrogen-bond acceptors (Lipinski definition) is 4. The van der Waals surface area contributed by atoms with Crippen molar-refractivity contribution < 1.29 is 17.9 Å². The van der Waals surface area contributed by atoms with E-state index >= 15 is 0 Å². The molecule has 0 fully saturated rings. The summed E-state index contributed by atoms with van der Waals surface area (Å²) in [4.78, 5) is 12.8. The Morgan fingerprint density at radius 1 is 1.18 bits per heavy atom. The molecule has 1 unspecified atom stereocenters. The Balaban J connectivity index is 1.82. The van der Waals surface area contributed by atoms with E-state index in [9.17, 15) is 13.2 Å². The molecule has 0 radical (unpaired) electrons. The maximum Gasteiger partial charge on any atom is 0.265 e. The molecule has 1 amide bonds. The van der Waals surface area contributed by atoms with Crippen molar-refractivity contribution in [1.29, 1.82) is 0 Å². The zero-order valence-electron chi connectivity index (χ0n) is 16.6. The molecule has 0 saturated carbocycles. The van der Waals surface area contributed by atoms with Crippen molar-refractivity contribution in [3.8, 4) is 5.75 Å². The van der Waals surface area contributed by atoms with Crippen LogP contribution in [0.4, 0.5) is 11.4 Å². The number of fused-ring (bicyclic) bond motifs is 1. The number of carbonyl (C=O) groups is 1. The molecule has 7 heteroatoms. The monoisotopic (exact) mass is 402 g/mol. The van der Waals surface area contributed by atoms with Crippen LogP contribution in [0, 0.1) is 6.92 Å². The van der Waals surface area contributed by atoms with Crippen LogP contribution in [0.1, 0.15) is 37.3 Å². The van der Waals surface area contributed by atoms with Crippen molar-refractivity contribution in [2.45, 2.75) is 39.2 Å². The van der Waals surface area contributed by atoms with E-state index in [1.807, 2.05) is 37.3 Å². The molecule has 0 bridgehead atoms. The normalized spacial score (nSPS) is 16.9. The van der Waals surface area contributed by atoms with Crippen molar-refractivity contribution in [1.82, 2.24) is 0 Å². The summed E-state index contributed by atoms with van der Waals surface area (Å²) in [7, 11) is -3.48. The maximum atomic E-state index is 12.8. The Kier molecular flexibility index (Phi) is 5.65. The van der Waals surface area contributed by atoms with Gasteiger partial charge in [0.05, 0.1) is 11.9 Å². The number of amides is 1. The number of hydrogen-bond donors (Lipinski definition) is 1. The SMILES string of the molecule is Cc1ccc2c(c1)N(S(C)(=O)=O)CCC(C(=O)Nc1ccc(C(C)C)cc1)O2. The number of aryl methyl sites for hydroxylation is 1. The second-order valence-electron chi connectivity index (χ2n) is 7.47. The molecular formula is C21H26N2O4S. The molecule has 1 aliphatic rings. The lowest BCUT2D eigenvalue weighted by Crippen LogP contribution is -2.35. The number of anilines is 2. The average Bonchev–Trinajstić information content (AvgIpc) is 2.81. The highest BCUT2D eigenvalue weighted by atomic mass is 32.2. The summed E-state index contributed by atoms with van der Waals surface area (Å²) in [5, 5.41) is 2.87. The Labute approximate surface area is 166 Å². The molecule has 1 heterocycles. The summed E-state index contributed by atoms with van der Waals surface area (Å²) in [5.41, 5.74) is 3.27. The number of sulfonamides is 1. The molecule has 6 nitrogen and oxygen atoms in total. The van der Waals surface area contributed by atoms with Crippen molar-refractivity contribution in [3.63, 3.8) is 0 Å². The van der Waals surface area contributed by atoms with Gasteiger partial charge in [0.2, 0.25) is 10.0 Å². The van der Waals surface area contributed by atoms with Gasteiger partial charge in [-0.3, -0.25) is 9.10 Å². The van der Waals surface area contributed by atoms with Gasteiger partial charge in [0.25, 0.3) is 5.91 Å². The van der Waals surface area contributed by atoms with Crippen LogP contribution in [0.3, 0.4) is 0 Å². The second kappa shape index (κ2) is 7.83. The Morgan fingerprint density at radius 3 is 2.46 bits per heavy atom. The lowest BCUT2D eigenvalue weighted by atomic mass is 10.0. The van der Waals surface area contributed by atoms with Crippen LogP contribution in [0.5, 0.6) is 5.75 Å². The summed E-state index contributed by atoms with van der Waals surface area (Å²) >= 11 is 0. The fourth-order valence-corrected chi connectivity index (χ4v) is 4.13. The molecule has 0 saturated heterocycles. The molecule has 150 valence electrons. The standard InChI is InChI=1S/C21H26N2O4S/c1-14(2)16-6-8-17(9-7-16)22-21(24)20-11-12-23(28(4,25)26)18-13-15(3)5-10-19(18)27-20/h5-10,13-14,20H,11-12H2,1-4H3,(H,22,24). The van der Waals surface area contributed by atoms with Crippen LogP contribution in [-0.4, -0.2) is 33.2 Å². The fraction of sp³-hybridized carbons (Fsp3) is 0.381. The van der Waals surface area contributed by atoms with Gasteiger partial charge >= 0.3 is 0 Å². The maximum absolute atomic E-state index is 12.8. The molecule has 1 N–H and O–H groups in total. The molecule has 28 heavy (non-hydrogen) atoms. The van der Waals surface area contributed by atoms with Gasteiger partial charge in [0, 0.05) is 18.7 Å². The van der Waals surface area contributed by atoms with Gasteiger partial charge < -0.3 is 10.1 Å². The first-order chi connectivity index (χ1) is 13.1. The molecule has 0 spiro atoms. The van der Waals surface area contributed by atoms with Gasteiger partial charge in [0.15, 0.2) is 6.10 Å². The molecule has 2 aromatic rings. The number of nitrogens with zero attached hydrogens (tertiary/aromatic N) is 1. The molecular weight excluding hydrogens is 376 g/mol. The van der Waals surface area contributed by atoms with Gasteiger partial charge in [-0.15, -0.1) is 0 Å². The van der Waals surface area contributed by atoms with Crippen LogP contribution in [0.15, 0.2) is 42.5 Å². The van der Waals surface area contributed by atoms with Gasteiger partial charge in [0.1, 0.15) is 5.75 Å². The zero-order valence-corrected chi connectivity index (χ0v) is 17.4. The summed E-state index contributed by atoms with van der Waals surface area (Å²) in [5.74, 6) is 0.514. The van der Waals surface area contributed by atoms with Crippen LogP contribution in [0.2, 0.25) is 0 Å². The van der Waals surface area contributed by atoms with E-state index in [1.54, 1.807) is 12.1 Å². The predicted molar refractivity (Wildman–Crippen MR) is 112 cm³/mol. The summed E-state index contributed by atoms with van der Waals surface area (Å²) < 4.78 is 31.7. The van der Waals surface area contributed by atoms with E-state index in [2.05, 4.69) is 19.2 Å². The Hall–Kier alpha value is -2.54. The van der Waals surface area contributed by atoms with E-state index in [4.69, 9.17) is 4.74 Å². The van der Waals surface area contributed by atoms with Crippen LogP contribution >= 0.6 is 0 Å². The minimum Gasteiger partial charge on any atom is -0.478 e. The number of carbonyl (C=O) groups excluding carboxylic acids is 1. The quantitative estimate of drug-likeness (QED) is 0.847. The summed E-state index contributed by atoms with van der Waals surface area (Å²) in [6.07, 6.45) is 0.643. The smallest absolute Gasteiger partial charge is 0.265 e. The topological polar surface area (TPSA) is 75.7 Å². The molecule has 3 rings (SSSR count). The lowest BCUT2D eigenvalue weighted by Gasteiger charge is -2.21. The van der Waals surface area contributed by atoms with Gasteiger partial charge in [-0.25, -0.2) is 8.42 Å². The van der Waals surface area contributed by atoms with Gasteiger partial charge in [-0.1, -0.05) is 32.0 Å². The average molecular weight is 403 g/mol. The largest absolute Gasteiger partial charge is 0.478 e. The van der Waals surface area contributed by atoms with Crippen LogP contribution in [-0.2, 0) is 14.8 Å². The molecule has 1 atom stereocenters. The van der Waals surface area contributed by atoms with Gasteiger partial charge in [-0.05, 0) is 48.2 Å². The predicted octanol–water partition coefficient (Wildman–Crippen LogP) is 3.67. The first kappa shape index (κ1) is 20.2. The first-order valence-electron chi connectivity index (χ1n) is 9.31. The third-order valence-electron chi connectivity index (χ3n) is 4.78. The molecule has 1 aliphatic heterocycles. The van der Waals surface area contributed by atoms with Crippen molar-refractivity contribution in [3.05, 3.63) is 53.6 Å². The van der Waals surface area contributed by atoms with Crippen molar-refractivity contribution in [2.75, 3.05) is 22.4 Å². The Bertz CT molecular complexity index is 968. The second-order valence-corrected chi connectivity index (χ2v) is 9.37. The van der Waals surface area contributed by atoms with E-state index in [-0.39, 0.29) is 18.9 Å². The van der Waals surface area contributed by atoms with Gasteiger partial charge in [-0.2, -0.15) is 0 Å². The number of rotatable bonds is 4. The number of benzene rings is 2. The molecule has 2 aromatic carbocycles. The highest BCUT2D eigenvalue weighted by Crippen LogP contribution is 2.35. The minimum atomic E-state index is -3.48. The highest BCUT2D eigenvalue weighted by Gasteiger charge is 2.31. The third kappa shape index (κ3) is 4.47. The molecule has 0 aliphatic carbocycles. The molecule has 0 aromatic heterocycles. The zero-order chi connectivity index (χ0) is 20.5. The summed E-state index contributed by atoms with van der Waals surface area (Å²) in [6.45, 7) is 6.29. The van der Waals surface area contributed by atoms with Crippen LogP contribution < -0.4 is 14.4 Å². The first-order valence-corrected chi connectivity index (χ1v) is 11.2. The van der Waals surface area contributed by atoms with E-state index in [0.717, 1.165) is 11.8 Å². The third-order valence-corrected chi connectivity index (χ3v) is 5.96. The van der Waals surface area contributed by atoms with E-state index in [1.165, 1.54) is 9.87 Å². The van der Waals surface area contributed by atoms with E-state index in [0.29, 0.717) is 23.0 Å². The minimum absolute atomic E-state index is 0.180. The summed E-state index contributed by atoms with van der Waals surface area (Å²) in [6, 6.07) is 13.0. The highest BCUT2D eigenvalue weighted by molar-refractivity contribution is 7.92. The van der Waals surface area contributed by atoms with E-state index < -0.39 is 16.1 Å². The fourth-order valence-electron chi connectivity index (χ4n) is 3.19. The van der Waals surface area contributed by atoms with Crippen molar-refractivity contribution >= 4 is 27.3 Å². The van der Waals surface area contributed by atoms with Crippen molar-refractivity contribution in [2.24, 2.45) is 0 Å².